The Morgan fingerprint density at radius 3 is 2.32 bits per heavy atom. The van der Waals surface area contributed by atoms with E-state index in [2.05, 4.69) is 10.1 Å². The van der Waals surface area contributed by atoms with Crippen LogP contribution in [0.2, 0.25) is 5.02 Å². The maximum atomic E-state index is 13.0. The van der Waals surface area contributed by atoms with Crippen LogP contribution < -0.4 is 5.32 Å². The fraction of sp³-hybridized carbons (Fsp3) is 0.235. The number of nitrogens with one attached hydrogen (secondary N) is 1. The number of carbonyl (C=O) groups is 1. The summed E-state index contributed by atoms with van der Waals surface area (Å²) in [6.45, 7) is -1.27. The van der Waals surface area contributed by atoms with Crippen LogP contribution in [0, 0.1) is 5.82 Å². The van der Waals surface area contributed by atoms with Crippen LogP contribution in [-0.2, 0) is 17.9 Å². The van der Waals surface area contributed by atoms with Crippen LogP contribution in [0.15, 0.2) is 42.5 Å². The van der Waals surface area contributed by atoms with Gasteiger partial charge in [-0.05, 0) is 29.3 Å². The predicted octanol–water partition coefficient (Wildman–Crippen LogP) is 4.49. The third-order valence-corrected chi connectivity index (χ3v) is 3.50. The summed E-state index contributed by atoms with van der Waals surface area (Å²) in [7, 11) is 0. The normalized spacial score (nSPS) is 11.4. The van der Waals surface area contributed by atoms with E-state index < -0.39 is 24.5 Å². The van der Waals surface area contributed by atoms with Gasteiger partial charge in [-0.2, -0.15) is 13.2 Å². The van der Waals surface area contributed by atoms with Crippen molar-refractivity contribution in [3.8, 4) is 0 Å². The molecule has 0 spiro atoms. The number of alkyl halides is 3. The molecular formula is C17H14ClF4NO2. The highest BCUT2D eigenvalue weighted by Crippen LogP contribution is 2.18. The molecule has 2 aromatic rings. The predicted molar refractivity (Wildman–Crippen MR) is 84.7 cm³/mol. The molecule has 0 heterocycles. The van der Waals surface area contributed by atoms with Crippen molar-refractivity contribution >= 4 is 17.5 Å². The second-order valence-corrected chi connectivity index (χ2v) is 5.64. The van der Waals surface area contributed by atoms with Gasteiger partial charge in [-0.3, -0.25) is 4.79 Å². The highest BCUT2D eigenvalue weighted by Gasteiger charge is 2.27. The van der Waals surface area contributed by atoms with Crippen LogP contribution in [0.3, 0.4) is 0 Å². The summed E-state index contributed by atoms with van der Waals surface area (Å²) >= 11 is 5.81. The lowest BCUT2D eigenvalue weighted by Gasteiger charge is -2.09. The second-order valence-electron chi connectivity index (χ2n) is 5.23. The molecule has 2 aromatic carbocycles. The second kappa shape index (κ2) is 8.31. The maximum absolute atomic E-state index is 13.0. The van der Waals surface area contributed by atoms with Crippen molar-refractivity contribution in [3.63, 3.8) is 0 Å². The van der Waals surface area contributed by atoms with Crippen molar-refractivity contribution in [2.45, 2.75) is 19.3 Å². The Morgan fingerprint density at radius 1 is 1.08 bits per heavy atom. The first kappa shape index (κ1) is 19.2. The Bertz CT molecular complexity index is 732. The third-order valence-electron chi connectivity index (χ3n) is 3.19. The average molecular weight is 376 g/mol. The Morgan fingerprint density at radius 2 is 1.72 bits per heavy atom. The average Bonchev–Trinajstić information content (AvgIpc) is 2.52. The van der Waals surface area contributed by atoms with Gasteiger partial charge in [0.05, 0.1) is 17.2 Å². The van der Waals surface area contributed by atoms with Crippen LogP contribution in [-0.4, -0.2) is 18.7 Å². The molecule has 0 saturated carbocycles. The van der Waals surface area contributed by atoms with E-state index in [9.17, 15) is 22.4 Å². The molecule has 0 bridgehead atoms. The first-order valence-electron chi connectivity index (χ1n) is 7.20. The van der Waals surface area contributed by atoms with Gasteiger partial charge in [-0.15, -0.1) is 0 Å². The molecule has 2 rings (SSSR count). The molecule has 8 heteroatoms. The zero-order valence-corrected chi connectivity index (χ0v) is 13.6. The monoisotopic (exact) mass is 375 g/mol. The summed E-state index contributed by atoms with van der Waals surface area (Å²) in [6.07, 6.45) is -4.36. The van der Waals surface area contributed by atoms with Gasteiger partial charge < -0.3 is 10.1 Å². The number of rotatable bonds is 6. The molecule has 0 aliphatic carbocycles. The molecule has 1 amide bonds. The number of carbonyl (C=O) groups excluding carboxylic acids is 1. The molecule has 0 radical (unpaired) electrons. The van der Waals surface area contributed by atoms with E-state index in [-0.39, 0.29) is 23.7 Å². The van der Waals surface area contributed by atoms with Crippen LogP contribution >= 0.6 is 11.6 Å². The Balaban J connectivity index is 1.85. The topological polar surface area (TPSA) is 38.3 Å². The van der Waals surface area contributed by atoms with Crippen molar-refractivity contribution in [2.24, 2.45) is 0 Å². The molecule has 0 unspecified atom stereocenters. The van der Waals surface area contributed by atoms with Crippen molar-refractivity contribution in [1.82, 2.24) is 5.32 Å². The summed E-state index contributed by atoms with van der Waals surface area (Å²) in [5.41, 5.74) is 1.48. The molecule has 0 fully saturated rings. The Hall–Kier alpha value is -2.12. The van der Waals surface area contributed by atoms with Gasteiger partial charge in [0.25, 0.3) is 5.91 Å². The van der Waals surface area contributed by atoms with Crippen molar-refractivity contribution in [2.75, 3.05) is 6.61 Å². The van der Waals surface area contributed by atoms with Crippen LogP contribution in [0.1, 0.15) is 21.5 Å². The van der Waals surface area contributed by atoms with Gasteiger partial charge in [0.15, 0.2) is 0 Å². The minimum absolute atomic E-state index is 0.00895. The van der Waals surface area contributed by atoms with Crippen LogP contribution in [0.5, 0.6) is 0 Å². The first-order valence-corrected chi connectivity index (χ1v) is 7.58. The van der Waals surface area contributed by atoms with Crippen molar-refractivity contribution in [3.05, 3.63) is 70.0 Å². The highest BCUT2D eigenvalue weighted by molar-refractivity contribution is 6.33. The molecule has 3 nitrogen and oxygen atoms in total. The largest absolute Gasteiger partial charge is 0.411 e. The van der Waals surface area contributed by atoms with Crippen LogP contribution in [0.4, 0.5) is 17.6 Å². The van der Waals surface area contributed by atoms with Crippen molar-refractivity contribution < 1.29 is 27.1 Å². The number of benzene rings is 2. The molecule has 0 aliphatic rings. The molecule has 0 aliphatic heterocycles. The Kier molecular flexibility index (Phi) is 6.39. The van der Waals surface area contributed by atoms with Gasteiger partial charge >= 0.3 is 6.18 Å². The number of hydrogen-bond donors (Lipinski definition) is 1. The fourth-order valence-electron chi connectivity index (χ4n) is 1.99. The quantitative estimate of drug-likeness (QED) is 0.756. The van der Waals surface area contributed by atoms with E-state index in [0.717, 1.165) is 17.7 Å². The lowest BCUT2D eigenvalue weighted by molar-refractivity contribution is -0.176. The molecule has 1 N–H and O–H groups in total. The van der Waals surface area contributed by atoms with E-state index in [1.807, 2.05) is 0 Å². The third kappa shape index (κ3) is 6.36. The minimum Gasteiger partial charge on any atom is -0.367 e. The number of halogens is 5. The number of amides is 1. The zero-order valence-electron chi connectivity index (χ0n) is 12.9. The van der Waals surface area contributed by atoms with Gasteiger partial charge in [0.1, 0.15) is 12.4 Å². The van der Waals surface area contributed by atoms with Crippen LogP contribution in [0.25, 0.3) is 0 Å². The highest BCUT2D eigenvalue weighted by atomic mass is 35.5. The molecule has 0 saturated heterocycles. The van der Waals surface area contributed by atoms with E-state index in [0.29, 0.717) is 5.56 Å². The molecule has 134 valence electrons. The summed E-state index contributed by atoms with van der Waals surface area (Å²) in [5, 5.41) is 2.64. The number of ether oxygens (including phenoxy) is 1. The molecule has 0 aromatic heterocycles. The summed E-state index contributed by atoms with van der Waals surface area (Å²) in [4.78, 5) is 12.0. The molecular weight excluding hydrogens is 362 g/mol. The zero-order chi connectivity index (χ0) is 18.4. The standard InChI is InChI=1S/C17H14ClF4NO2/c18-15-7-13(19)5-6-14(15)16(24)23-8-11-1-3-12(4-2-11)9-25-10-17(20,21)22/h1-7H,8-10H2,(H,23,24). The summed E-state index contributed by atoms with van der Waals surface area (Å²) < 4.78 is 53.5. The van der Waals surface area contributed by atoms with E-state index in [1.165, 1.54) is 6.07 Å². The number of hydrogen-bond acceptors (Lipinski definition) is 2. The van der Waals surface area contributed by atoms with E-state index in [1.54, 1.807) is 24.3 Å². The van der Waals surface area contributed by atoms with E-state index >= 15 is 0 Å². The van der Waals surface area contributed by atoms with E-state index in [4.69, 9.17) is 11.6 Å². The van der Waals surface area contributed by atoms with Gasteiger partial charge in [-0.1, -0.05) is 35.9 Å². The molecule has 0 atom stereocenters. The summed E-state index contributed by atoms with van der Waals surface area (Å²) in [6, 6.07) is 10.0. The van der Waals surface area contributed by atoms with Gasteiger partial charge in [-0.25, -0.2) is 4.39 Å². The van der Waals surface area contributed by atoms with Crippen molar-refractivity contribution in [1.29, 1.82) is 0 Å². The smallest absolute Gasteiger partial charge is 0.367 e. The SMILES string of the molecule is O=C(NCc1ccc(COCC(F)(F)F)cc1)c1ccc(F)cc1Cl. The maximum Gasteiger partial charge on any atom is 0.411 e. The lowest BCUT2D eigenvalue weighted by Crippen LogP contribution is -2.23. The fourth-order valence-corrected chi connectivity index (χ4v) is 2.24. The lowest BCUT2D eigenvalue weighted by atomic mass is 10.1. The van der Waals surface area contributed by atoms with Gasteiger partial charge in [0, 0.05) is 6.54 Å². The first-order chi connectivity index (χ1) is 11.7. The summed E-state index contributed by atoms with van der Waals surface area (Å²) in [5.74, 6) is -0.993. The van der Waals surface area contributed by atoms with Gasteiger partial charge in [0.2, 0.25) is 0 Å². The molecule has 25 heavy (non-hydrogen) atoms. The minimum atomic E-state index is -4.36. The Labute approximate surface area is 146 Å².